The first kappa shape index (κ1) is 17.5. The number of para-hydroxylation sites is 1. The van der Waals surface area contributed by atoms with Gasteiger partial charge in [0.1, 0.15) is 0 Å². The van der Waals surface area contributed by atoms with E-state index in [4.69, 9.17) is 4.74 Å². The average Bonchev–Trinajstić information content (AvgIpc) is 2.66. The molecule has 0 aliphatic heterocycles. The molecule has 0 unspecified atom stereocenters. The highest BCUT2D eigenvalue weighted by Gasteiger charge is 2.13. The number of hydrogen-bond acceptors (Lipinski definition) is 4. The summed E-state index contributed by atoms with van der Waals surface area (Å²) in [5.74, 6) is -0.338. The Labute approximate surface area is 148 Å². The standard InChI is InChI=1S/C20H15F2NO3/c1-25-19-12-14(7-9-18(19)26-20(21)22)17(24)8-6-13-10-11-23-16-5-3-2-4-15(13)16/h2-12,20H,1H3/b8-6+. The van der Waals surface area contributed by atoms with E-state index in [0.717, 1.165) is 16.5 Å². The molecule has 1 heterocycles. The molecule has 0 fully saturated rings. The van der Waals surface area contributed by atoms with E-state index in [1.807, 2.05) is 30.3 Å². The van der Waals surface area contributed by atoms with Crippen molar-refractivity contribution in [3.05, 3.63) is 71.9 Å². The quantitative estimate of drug-likeness (QED) is 0.473. The van der Waals surface area contributed by atoms with E-state index in [1.54, 1.807) is 12.3 Å². The molecule has 3 aromatic rings. The molecule has 3 rings (SSSR count). The average molecular weight is 355 g/mol. The predicted octanol–water partition coefficient (Wildman–Crippen LogP) is 4.74. The molecule has 2 aromatic carbocycles. The molecule has 0 bridgehead atoms. The fourth-order valence-corrected chi connectivity index (χ4v) is 2.54. The molecule has 0 aliphatic carbocycles. The summed E-state index contributed by atoms with van der Waals surface area (Å²) in [6.07, 6.45) is 4.79. The van der Waals surface area contributed by atoms with E-state index in [9.17, 15) is 13.6 Å². The predicted molar refractivity (Wildman–Crippen MR) is 94.7 cm³/mol. The Morgan fingerprint density at radius 2 is 1.92 bits per heavy atom. The van der Waals surface area contributed by atoms with Gasteiger partial charge in [-0.15, -0.1) is 0 Å². The van der Waals surface area contributed by atoms with Crippen molar-refractivity contribution in [2.75, 3.05) is 7.11 Å². The molecule has 1 aromatic heterocycles. The van der Waals surface area contributed by atoms with Crippen molar-refractivity contribution < 1.29 is 23.0 Å². The van der Waals surface area contributed by atoms with E-state index in [0.29, 0.717) is 5.56 Å². The number of benzene rings is 2. The topological polar surface area (TPSA) is 48.4 Å². The normalized spacial score (nSPS) is 11.2. The van der Waals surface area contributed by atoms with Gasteiger partial charge >= 0.3 is 6.61 Å². The number of alkyl halides is 2. The first-order chi connectivity index (χ1) is 12.6. The molecule has 0 N–H and O–H groups in total. The molecule has 0 amide bonds. The van der Waals surface area contributed by atoms with Crippen LogP contribution in [0.4, 0.5) is 8.78 Å². The molecular weight excluding hydrogens is 340 g/mol. The number of rotatable bonds is 6. The van der Waals surface area contributed by atoms with Gasteiger partial charge in [-0.3, -0.25) is 9.78 Å². The first-order valence-electron chi connectivity index (χ1n) is 7.77. The minimum atomic E-state index is -2.97. The zero-order valence-electron chi connectivity index (χ0n) is 13.9. The number of aromatic nitrogens is 1. The van der Waals surface area contributed by atoms with Crippen LogP contribution in [0.2, 0.25) is 0 Å². The van der Waals surface area contributed by atoms with E-state index in [-0.39, 0.29) is 17.3 Å². The summed E-state index contributed by atoms with van der Waals surface area (Å²) in [6.45, 7) is -2.97. The van der Waals surface area contributed by atoms with E-state index >= 15 is 0 Å². The Bertz CT molecular complexity index is 965. The van der Waals surface area contributed by atoms with Gasteiger partial charge in [0, 0.05) is 17.1 Å². The van der Waals surface area contributed by atoms with Crippen LogP contribution >= 0.6 is 0 Å². The number of methoxy groups -OCH3 is 1. The summed E-state index contributed by atoms with van der Waals surface area (Å²) in [7, 11) is 1.32. The smallest absolute Gasteiger partial charge is 0.387 e. The number of halogens is 2. The monoisotopic (exact) mass is 355 g/mol. The number of carbonyl (C=O) groups excluding carboxylic acids is 1. The molecule has 132 valence electrons. The Morgan fingerprint density at radius 3 is 2.69 bits per heavy atom. The second kappa shape index (κ2) is 7.74. The Kier molecular flexibility index (Phi) is 5.22. The molecule has 0 aliphatic rings. The summed E-state index contributed by atoms with van der Waals surface area (Å²) in [6, 6.07) is 13.5. The summed E-state index contributed by atoms with van der Waals surface area (Å²) >= 11 is 0. The van der Waals surface area contributed by atoms with E-state index < -0.39 is 6.61 Å². The van der Waals surface area contributed by atoms with Crippen LogP contribution in [-0.4, -0.2) is 24.5 Å². The van der Waals surface area contributed by atoms with Crippen LogP contribution in [0.5, 0.6) is 11.5 Å². The summed E-state index contributed by atoms with van der Waals surface area (Å²) in [5, 5.41) is 0.928. The minimum Gasteiger partial charge on any atom is -0.493 e. The van der Waals surface area contributed by atoms with Crippen molar-refractivity contribution in [1.82, 2.24) is 4.98 Å². The summed E-state index contributed by atoms with van der Waals surface area (Å²) in [5.41, 5.74) is 1.99. The lowest BCUT2D eigenvalue weighted by Gasteiger charge is -2.10. The van der Waals surface area contributed by atoms with Gasteiger partial charge in [0.15, 0.2) is 17.3 Å². The van der Waals surface area contributed by atoms with Gasteiger partial charge in [0.2, 0.25) is 0 Å². The number of ketones is 1. The lowest BCUT2D eigenvalue weighted by molar-refractivity contribution is -0.0512. The van der Waals surface area contributed by atoms with Gasteiger partial charge in [-0.1, -0.05) is 24.3 Å². The SMILES string of the molecule is COc1cc(C(=O)/C=C/c2ccnc3ccccc23)ccc1OC(F)F. The maximum Gasteiger partial charge on any atom is 0.387 e. The van der Waals surface area contributed by atoms with E-state index in [1.165, 1.54) is 31.4 Å². The van der Waals surface area contributed by atoms with Crippen LogP contribution < -0.4 is 9.47 Å². The number of hydrogen-bond donors (Lipinski definition) is 0. The number of allylic oxidation sites excluding steroid dienone is 1. The van der Waals surface area contributed by atoms with Crippen molar-refractivity contribution in [2.24, 2.45) is 0 Å². The van der Waals surface area contributed by atoms with Crippen molar-refractivity contribution in [1.29, 1.82) is 0 Å². The van der Waals surface area contributed by atoms with Crippen LogP contribution in [0.15, 0.2) is 60.8 Å². The lowest BCUT2D eigenvalue weighted by Crippen LogP contribution is -2.04. The molecule has 6 heteroatoms. The van der Waals surface area contributed by atoms with Crippen LogP contribution in [0.25, 0.3) is 17.0 Å². The van der Waals surface area contributed by atoms with Crippen LogP contribution in [0.1, 0.15) is 15.9 Å². The second-order valence-electron chi connectivity index (χ2n) is 5.36. The summed E-state index contributed by atoms with van der Waals surface area (Å²) in [4.78, 5) is 16.7. The fourth-order valence-electron chi connectivity index (χ4n) is 2.54. The number of ether oxygens (including phenoxy) is 2. The van der Waals surface area contributed by atoms with Gasteiger partial charge in [0.05, 0.1) is 12.6 Å². The van der Waals surface area contributed by atoms with Crippen molar-refractivity contribution in [3.8, 4) is 11.5 Å². The molecule has 0 atom stereocenters. The third-order valence-corrected chi connectivity index (χ3v) is 3.76. The lowest BCUT2D eigenvalue weighted by atomic mass is 10.1. The van der Waals surface area contributed by atoms with Crippen LogP contribution in [0, 0.1) is 0 Å². The zero-order chi connectivity index (χ0) is 18.5. The second-order valence-corrected chi connectivity index (χ2v) is 5.36. The molecule has 4 nitrogen and oxygen atoms in total. The van der Waals surface area contributed by atoms with Gasteiger partial charge in [-0.05, 0) is 42.0 Å². The highest BCUT2D eigenvalue weighted by molar-refractivity contribution is 6.08. The number of nitrogens with zero attached hydrogens (tertiary/aromatic N) is 1. The zero-order valence-corrected chi connectivity index (χ0v) is 13.9. The maximum atomic E-state index is 12.4. The Morgan fingerprint density at radius 1 is 1.12 bits per heavy atom. The highest BCUT2D eigenvalue weighted by atomic mass is 19.3. The third kappa shape index (κ3) is 3.85. The molecule has 26 heavy (non-hydrogen) atoms. The number of carbonyl (C=O) groups is 1. The largest absolute Gasteiger partial charge is 0.493 e. The van der Waals surface area contributed by atoms with Crippen LogP contribution in [-0.2, 0) is 0 Å². The number of pyridine rings is 1. The van der Waals surface area contributed by atoms with Gasteiger partial charge in [-0.2, -0.15) is 8.78 Å². The highest BCUT2D eigenvalue weighted by Crippen LogP contribution is 2.29. The molecule has 0 spiro atoms. The van der Waals surface area contributed by atoms with Crippen molar-refractivity contribution >= 4 is 22.8 Å². The molecule has 0 saturated heterocycles. The third-order valence-electron chi connectivity index (χ3n) is 3.76. The van der Waals surface area contributed by atoms with Crippen molar-refractivity contribution in [3.63, 3.8) is 0 Å². The Balaban J connectivity index is 1.86. The van der Waals surface area contributed by atoms with Crippen LogP contribution in [0.3, 0.4) is 0 Å². The summed E-state index contributed by atoms with van der Waals surface area (Å²) < 4.78 is 34.1. The maximum absolute atomic E-state index is 12.4. The molecular formula is C20H15F2NO3. The van der Waals surface area contributed by atoms with Crippen molar-refractivity contribution in [2.45, 2.75) is 6.61 Å². The first-order valence-corrected chi connectivity index (χ1v) is 7.77. The number of fused-ring (bicyclic) bond motifs is 1. The van der Waals surface area contributed by atoms with E-state index in [2.05, 4.69) is 9.72 Å². The minimum absolute atomic E-state index is 0.0684. The van der Waals surface area contributed by atoms with Gasteiger partial charge in [-0.25, -0.2) is 0 Å². The molecule has 0 saturated carbocycles. The van der Waals surface area contributed by atoms with Gasteiger partial charge < -0.3 is 9.47 Å². The van der Waals surface area contributed by atoms with Gasteiger partial charge in [0.25, 0.3) is 0 Å². The molecule has 0 radical (unpaired) electrons. The Hall–Kier alpha value is -3.28. The fraction of sp³-hybridized carbons (Fsp3) is 0.100.